The van der Waals surface area contributed by atoms with E-state index in [9.17, 15) is 13.6 Å². The Morgan fingerprint density at radius 3 is 2.48 bits per heavy atom. The van der Waals surface area contributed by atoms with Gasteiger partial charge < -0.3 is 15.4 Å². The molecule has 1 heterocycles. The second-order valence-electron chi connectivity index (χ2n) is 7.40. The standard InChI is InChI=1S/C23H26F2N2O2/c1-4-5-7-16-8-6-9-17(13-16)23(14-20(26)27(3)21(23)28)18-10-11-19(15(2)12-18)29-22(24)25/h6,8-14,22H,4-5,7,26H2,1-3H3. The number of nitrogens with two attached hydrogens (primary N) is 1. The Balaban J connectivity index is 2.15. The number of ether oxygens (including phenoxy) is 1. The van der Waals surface area contributed by atoms with E-state index in [0.717, 1.165) is 30.4 Å². The maximum absolute atomic E-state index is 13.4. The summed E-state index contributed by atoms with van der Waals surface area (Å²) in [5.74, 6) is 0.274. The first kappa shape index (κ1) is 20.8. The lowest BCUT2D eigenvalue weighted by molar-refractivity contribution is -0.129. The normalized spacial score (nSPS) is 19.0. The zero-order valence-corrected chi connectivity index (χ0v) is 16.9. The molecule has 1 unspecified atom stereocenters. The molecule has 2 aromatic carbocycles. The minimum absolute atomic E-state index is 0.0892. The molecule has 29 heavy (non-hydrogen) atoms. The van der Waals surface area contributed by atoms with Crippen LogP contribution in [0.25, 0.3) is 0 Å². The largest absolute Gasteiger partial charge is 0.435 e. The zero-order chi connectivity index (χ0) is 21.2. The molecule has 3 rings (SSSR count). The number of rotatable bonds is 7. The Kier molecular flexibility index (Phi) is 5.91. The van der Waals surface area contributed by atoms with Crippen molar-refractivity contribution in [3.8, 4) is 5.75 Å². The molecule has 4 nitrogen and oxygen atoms in total. The van der Waals surface area contributed by atoms with E-state index >= 15 is 0 Å². The van der Waals surface area contributed by atoms with Crippen LogP contribution in [0.4, 0.5) is 8.78 Å². The van der Waals surface area contributed by atoms with E-state index in [4.69, 9.17) is 5.73 Å². The molecule has 0 saturated heterocycles. The van der Waals surface area contributed by atoms with Crippen molar-refractivity contribution in [2.45, 2.75) is 45.1 Å². The van der Waals surface area contributed by atoms with E-state index in [1.807, 2.05) is 24.3 Å². The summed E-state index contributed by atoms with van der Waals surface area (Å²) in [6, 6.07) is 12.8. The van der Waals surface area contributed by atoms with Gasteiger partial charge in [0.2, 0.25) is 5.91 Å². The highest BCUT2D eigenvalue weighted by Gasteiger charge is 2.47. The number of unbranched alkanes of at least 4 members (excludes halogenated alkanes) is 1. The van der Waals surface area contributed by atoms with Crippen molar-refractivity contribution in [1.82, 2.24) is 4.90 Å². The molecule has 2 aromatic rings. The predicted octanol–water partition coefficient (Wildman–Crippen LogP) is 4.50. The number of benzene rings is 2. The average Bonchev–Trinajstić information content (AvgIpc) is 2.93. The molecule has 0 aliphatic carbocycles. The lowest BCUT2D eigenvalue weighted by Crippen LogP contribution is -2.39. The SMILES string of the molecule is CCCCc1cccc(C2(c3ccc(OC(F)F)c(C)c3)C=C(N)N(C)C2=O)c1. The first-order valence-corrected chi connectivity index (χ1v) is 9.71. The number of alkyl halides is 2. The summed E-state index contributed by atoms with van der Waals surface area (Å²) in [7, 11) is 1.64. The van der Waals surface area contributed by atoms with Gasteiger partial charge in [-0.3, -0.25) is 4.79 Å². The molecule has 1 aliphatic rings. The van der Waals surface area contributed by atoms with Gasteiger partial charge in [-0.15, -0.1) is 0 Å². The molecule has 1 amide bonds. The second kappa shape index (κ2) is 8.23. The fourth-order valence-corrected chi connectivity index (χ4v) is 3.82. The topological polar surface area (TPSA) is 55.6 Å². The van der Waals surface area contributed by atoms with Crippen LogP contribution in [-0.2, 0) is 16.6 Å². The third kappa shape index (κ3) is 3.84. The van der Waals surface area contributed by atoms with Gasteiger partial charge in [-0.05, 0) is 54.2 Å². The minimum atomic E-state index is -2.90. The lowest BCUT2D eigenvalue weighted by Gasteiger charge is -2.29. The van der Waals surface area contributed by atoms with Crippen molar-refractivity contribution in [3.63, 3.8) is 0 Å². The lowest BCUT2D eigenvalue weighted by atomic mass is 9.73. The van der Waals surface area contributed by atoms with E-state index in [1.54, 1.807) is 32.2 Å². The number of amides is 1. The van der Waals surface area contributed by atoms with Crippen molar-refractivity contribution in [2.75, 3.05) is 7.05 Å². The van der Waals surface area contributed by atoms with E-state index in [-0.39, 0.29) is 11.7 Å². The van der Waals surface area contributed by atoms with Crippen molar-refractivity contribution < 1.29 is 18.3 Å². The van der Waals surface area contributed by atoms with E-state index in [0.29, 0.717) is 16.9 Å². The van der Waals surface area contributed by atoms with Crippen molar-refractivity contribution >= 4 is 5.91 Å². The molecule has 2 N–H and O–H groups in total. The minimum Gasteiger partial charge on any atom is -0.435 e. The van der Waals surface area contributed by atoms with Crippen molar-refractivity contribution in [2.24, 2.45) is 5.73 Å². The summed E-state index contributed by atoms with van der Waals surface area (Å²) in [6.45, 7) is 0.914. The molecular formula is C23H26F2N2O2. The Morgan fingerprint density at radius 2 is 1.90 bits per heavy atom. The fraction of sp³-hybridized carbons (Fsp3) is 0.348. The number of aryl methyl sites for hydroxylation is 2. The zero-order valence-electron chi connectivity index (χ0n) is 16.9. The number of carbonyl (C=O) groups is 1. The van der Waals surface area contributed by atoms with Gasteiger partial charge in [-0.2, -0.15) is 8.78 Å². The van der Waals surface area contributed by atoms with Gasteiger partial charge in [0, 0.05) is 7.05 Å². The van der Waals surface area contributed by atoms with E-state index < -0.39 is 12.0 Å². The smallest absolute Gasteiger partial charge is 0.387 e. The van der Waals surface area contributed by atoms with Crippen LogP contribution in [0.5, 0.6) is 5.75 Å². The third-order valence-electron chi connectivity index (χ3n) is 5.44. The first-order chi connectivity index (χ1) is 13.8. The summed E-state index contributed by atoms with van der Waals surface area (Å²) >= 11 is 0. The fourth-order valence-electron chi connectivity index (χ4n) is 3.82. The van der Waals surface area contributed by atoms with Crippen molar-refractivity contribution in [1.29, 1.82) is 0 Å². The van der Waals surface area contributed by atoms with Crippen molar-refractivity contribution in [3.05, 3.63) is 76.6 Å². The summed E-state index contributed by atoms with van der Waals surface area (Å²) in [5.41, 5.74) is 8.16. The van der Waals surface area contributed by atoms with Crippen LogP contribution in [0.1, 0.15) is 42.0 Å². The summed E-state index contributed by atoms with van der Waals surface area (Å²) in [5, 5.41) is 0. The number of halogens is 2. The molecule has 0 saturated carbocycles. The predicted molar refractivity (Wildman–Crippen MR) is 109 cm³/mol. The Morgan fingerprint density at radius 1 is 1.17 bits per heavy atom. The summed E-state index contributed by atoms with van der Waals surface area (Å²) in [4.78, 5) is 14.8. The van der Waals surface area contributed by atoms with Gasteiger partial charge in [0.05, 0.1) is 0 Å². The number of carbonyl (C=O) groups excluding carboxylic acids is 1. The number of hydrogen-bond acceptors (Lipinski definition) is 3. The molecule has 1 aliphatic heterocycles. The molecule has 0 aromatic heterocycles. The van der Waals surface area contributed by atoms with Crippen LogP contribution in [0.2, 0.25) is 0 Å². The van der Waals surface area contributed by atoms with E-state index in [2.05, 4.69) is 11.7 Å². The number of likely N-dealkylation sites (N-methyl/N-ethyl adjacent to an activating group) is 1. The molecule has 0 bridgehead atoms. The monoisotopic (exact) mass is 400 g/mol. The van der Waals surface area contributed by atoms with Crippen LogP contribution in [0.3, 0.4) is 0 Å². The average molecular weight is 400 g/mol. The highest BCUT2D eigenvalue weighted by atomic mass is 19.3. The van der Waals surface area contributed by atoms with Gasteiger partial charge in [-0.25, -0.2) is 0 Å². The Labute approximate surface area is 170 Å². The van der Waals surface area contributed by atoms with Gasteiger partial charge in [0.15, 0.2) is 0 Å². The quantitative estimate of drug-likeness (QED) is 0.745. The van der Waals surface area contributed by atoms with Gasteiger partial charge >= 0.3 is 6.61 Å². The second-order valence-corrected chi connectivity index (χ2v) is 7.40. The first-order valence-electron chi connectivity index (χ1n) is 9.71. The third-order valence-corrected chi connectivity index (χ3v) is 5.44. The van der Waals surface area contributed by atoms with Crippen LogP contribution in [0.15, 0.2) is 54.4 Å². The molecular weight excluding hydrogens is 374 g/mol. The maximum Gasteiger partial charge on any atom is 0.387 e. The molecule has 154 valence electrons. The van der Waals surface area contributed by atoms with Gasteiger partial charge in [0.25, 0.3) is 0 Å². The highest BCUT2D eigenvalue weighted by molar-refractivity contribution is 5.98. The van der Waals surface area contributed by atoms with Crippen LogP contribution < -0.4 is 10.5 Å². The molecule has 0 spiro atoms. The molecule has 6 heteroatoms. The van der Waals surface area contributed by atoms with E-state index in [1.165, 1.54) is 11.0 Å². The van der Waals surface area contributed by atoms with Gasteiger partial charge in [-0.1, -0.05) is 49.7 Å². The Bertz CT molecular complexity index is 942. The molecule has 0 radical (unpaired) electrons. The summed E-state index contributed by atoms with van der Waals surface area (Å²) in [6.07, 6.45) is 4.80. The van der Waals surface area contributed by atoms with Crippen LogP contribution in [0, 0.1) is 6.92 Å². The highest BCUT2D eigenvalue weighted by Crippen LogP contribution is 2.42. The summed E-state index contributed by atoms with van der Waals surface area (Å²) < 4.78 is 29.9. The van der Waals surface area contributed by atoms with Crippen LogP contribution >= 0.6 is 0 Å². The maximum atomic E-state index is 13.4. The van der Waals surface area contributed by atoms with Crippen LogP contribution in [-0.4, -0.2) is 24.5 Å². The molecule has 1 atom stereocenters. The number of hydrogen-bond donors (Lipinski definition) is 1. The Hall–Kier alpha value is -2.89. The number of nitrogens with zero attached hydrogens (tertiary/aromatic N) is 1. The molecule has 0 fully saturated rings. The van der Waals surface area contributed by atoms with Gasteiger partial charge in [0.1, 0.15) is 17.0 Å².